The van der Waals surface area contributed by atoms with E-state index >= 15 is 0 Å². The molecular formula is C13H15ClN2O3. The fourth-order valence-electron chi connectivity index (χ4n) is 2.45. The van der Waals surface area contributed by atoms with Crippen LogP contribution in [0, 0.1) is 5.92 Å². The molecule has 102 valence electrons. The summed E-state index contributed by atoms with van der Waals surface area (Å²) in [6.07, 6.45) is 0.679. The van der Waals surface area contributed by atoms with Crippen LogP contribution in [-0.2, 0) is 4.79 Å². The molecule has 1 aromatic carbocycles. The molecule has 1 heterocycles. The van der Waals surface area contributed by atoms with Crippen LogP contribution in [0.4, 0.5) is 5.69 Å². The van der Waals surface area contributed by atoms with Gasteiger partial charge in [-0.1, -0.05) is 18.5 Å². The molecule has 0 radical (unpaired) electrons. The quantitative estimate of drug-likeness (QED) is 0.811. The Morgan fingerprint density at radius 1 is 1.42 bits per heavy atom. The van der Waals surface area contributed by atoms with Crippen molar-refractivity contribution in [3.8, 4) is 0 Å². The number of carboxylic acids is 1. The zero-order valence-electron chi connectivity index (χ0n) is 10.5. The number of carboxylic acid groups (broad SMARTS) is 1. The third-order valence-electron chi connectivity index (χ3n) is 3.38. The maximum atomic E-state index is 12.4. The number of anilines is 1. The van der Waals surface area contributed by atoms with Crippen molar-refractivity contribution in [2.75, 3.05) is 12.3 Å². The maximum Gasteiger partial charge on any atom is 0.326 e. The molecule has 1 fully saturated rings. The molecule has 0 bridgehead atoms. The van der Waals surface area contributed by atoms with E-state index in [0.717, 1.165) is 0 Å². The molecule has 1 amide bonds. The first kappa shape index (κ1) is 13.7. The predicted octanol–water partition coefficient (Wildman–Crippen LogP) is 1.86. The summed E-state index contributed by atoms with van der Waals surface area (Å²) in [6, 6.07) is 3.77. The average molecular weight is 283 g/mol. The van der Waals surface area contributed by atoms with E-state index < -0.39 is 12.0 Å². The number of hydrogen-bond acceptors (Lipinski definition) is 3. The van der Waals surface area contributed by atoms with Gasteiger partial charge in [0.1, 0.15) is 6.04 Å². The summed E-state index contributed by atoms with van der Waals surface area (Å²) in [5, 5.41) is 9.58. The van der Waals surface area contributed by atoms with Gasteiger partial charge in [0.15, 0.2) is 0 Å². The zero-order chi connectivity index (χ0) is 14.2. The molecule has 0 aliphatic carbocycles. The summed E-state index contributed by atoms with van der Waals surface area (Å²) in [4.78, 5) is 25.0. The first-order chi connectivity index (χ1) is 8.90. The van der Waals surface area contributed by atoms with Crippen molar-refractivity contribution >= 4 is 29.2 Å². The molecule has 0 saturated carbocycles. The predicted molar refractivity (Wildman–Crippen MR) is 72.1 cm³/mol. The van der Waals surface area contributed by atoms with E-state index in [-0.39, 0.29) is 11.8 Å². The fourth-order valence-corrected chi connectivity index (χ4v) is 2.70. The van der Waals surface area contributed by atoms with Gasteiger partial charge in [0.25, 0.3) is 5.91 Å². The normalized spacial score (nSPS) is 22.5. The van der Waals surface area contributed by atoms with Crippen LogP contribution in [0.15, 0.2) is 18.2 Å². The maximum absolute atomic E-state index is 12.4. The number of carbonyl (C=O) groups is 2. The van der Waals surface area contributed by atoms with E-state index in [1.54, 1.807) is 6.07 Å². The Labute approximate surface area is 116 Å². The standard InChI is InChI=1S/C13H15ClN2O3/c1-7-2-3-16(11(7)13(18)19)12(17)8-4-9(14)6-10(15)5-8/h4-7,11H,2-3,15H2,1H3,(H,18,19). The minimum atomic E-state index is -0.978. The molecular weight excluding hydrogens is 268 g/mol. The number of nitrogen functional groups attached to an aromatic ring is 1. The van der Waals surface area contributed by atoms with Crippen LogP contribution < -0.4 is 5.73 Å². The van der Waals surface area contributed by atoms with Gasteiger partial charge in [0, 0.05) is 22.8 Å². The molecule has 2 atom stereocenters. The van der Waals surface area contributed by atoms with Crippen molar-refractivity contribution in [1.29, 1.82) is 0 Å². The fraction of sp³-hybridized carbons (Fsp3) is 0.385. The highest BCUT2D eigenvalue weighted by Gasteiger charge is 2.39. The number of nitrogens with two attached hydrogens (primary N) is 1. The summed E-state index contributed by atoms with van der Waals surface area (Å²) in [6.45, 7) is 2.27. The van der Waals surface area contributed by atoms with Gasteiger partial charge < -0.3 is 15.7 Å². The van der Waals surface area contributed by atoms with E-state index in [0.29, 0.717) is 29.2 Å². The van der Waals surface area contributed by atoms with E-state index in [1.807, 2.05) is 6.92 Å². The van der Waals surface area contributed by atoms with Crippen LogP contribution in [0.5, 0.6) is 0 Å². The minimum absolute atomic E-state index is 0.0574. The highest BCUT2D eigenvalue weighted by atomic mass is 35.5. The Morgan fingerprint density at radius 3 is 2.68 bits per heavy atom. The van der Waals surface area contributed by atoms with Crippen LogP contribution >= 0.6 is 11.6 Å². The number of hydrogen-bond donors (Lipinski definition) is 2. The Morgan fingerprint density at radius 2 is 2.11 bits per heavy atom. The molecule has 1 aromatic rings. The van der Waals surface area contributed by atoms with Gasteiger partial charge in [-0.3, -0.25) is 4.79 Å². The Balaban J connectivity index is 2.31. The summed E-state index contributed by atoms with van der Waals surface area (Å²) < 4.78 is 0. The van der Waals surface area contributed by atoms with Gasteiger partial charge in [-0.05, 0) is 30.5 Å². The Kier molecular flexibility index (Phi) is 3.66. The molecule has 19 heavy (non-hydrogen) atoms. The lowest BCUT2D eigenvalue weighted by Crippen LogP contribution is -2.42. The first-order valence-corrected chi connectivity index (χ1v) is 6.38. The monoisotopic (exact) mass is 282 g/mol. The van der Waals surface area contributed by atoms with Gasteiger partial charge in [-0.2, -0.15) is 0 Å². The van der Waals surface area contributed by atoms with Crippen LogP contribution in [0.3, 0.4) is 0 Å². The SMILES string of the molecule is CC1CCN(C(=O)c2cc(N)cc(Cl)c2)C1C(=O)O. The summed E-state index contributed by atoms with van der Waals surface area (Å²) in [5.74, 6) is -1.38. The number of nitrogens with zero attached hydrogens (tertiary/aromatic N) is 1. The molecule has 3 N–H and O–H groups in total. The summed E-state index contributed by atoms with van der Waals surface area (Å²) in [7, 11) is 0. The van der Waals surface area contributed by atoms with Gasteiger partial charge >= 0.3 is 5.97 Å². The number of carbonyl (C=O) groups excluding carboxylic acids is 1. The van der Waals surface area contributed by atoms with Gasteiger partial charge in [0.05, 0.1) is 0 Å². The molecule has 1 aliphatic heterocycles. The molecule has 0 aromatic heterocycles. The van der Waals surface area contributed by atoms with Crippen molar-refractivity contribution in [1.82, 2.24) is 4.90 Å². The average Bonchev–Trinajstić information content (AvgIpc) is 2.68. The van der Waals surface area contributed by atoms with Crippen molar-refractivity contribution in [2.45, 2.75) is 19.4 Å². The van der Waals surface area contributed by atoms with Crippen LogP contribution in [0.2, 0.25) is 5.02 Å². The number of amides is 1. The highest BCUT2D eigenvalue weighted by Crippen LogP contribution is 2.27. The molecule has 2 unspecified atom stereocenters. The van der Waals surface area contributed by atoms with Gasteiger partial charge in [-0.25, -0.2) is 4.79 Å². The molecule has 2 rings (SSSR count). The second-order valence-electron chi connectivity index (χ2n) is 4.82. The number of halogens is 1. The minimum Gasteiger partial charge on any atom is -0.480 e. The van der Waals surface area contributed by atoms with Crippen LogP contribution in [-0.4, -0.2) is 34.5 Å². The van der Waals surface area contributed by atoms with Gasteiger partial charge in [0.2, 0.25) is 0 Å². The zero-order valence-corrected chi connectivity index (χ0v) is 11.2. The van der Waals surface area contributed by atoms with Crippen molar-refractivity contribution < 1.29 is 14.7 Å². The smallest absolute Gasteiger partial charge is 0.326 e. The number of benzene rings is 1. The van der Waals surface area contributed by atoms with E-state index in [4.69, 9.17) is 17.3 Å². The lowest BCUT2D eigenvalue weighted by atomic mass is 10.0. The lowest BCUT2D eigenvalue weighted by Gasteiger charge is -2.23. The van der Waals surface area contributed by atoms with Crippen molar-refractivity contribution in [3.05, 3.63) is 28.8 Å². The first-order valence-electron chi connectivity index (χ1n) is 6.00. The van der Waals surface area contributed by atoms with Crippen molar-refractivity contribution in [2.24, 2.45) is 5.92 Å². The largest absolute Gasteiger partial charge is 0.480 e. The molecule has 1 aliphatic rings. The summed E-state index contributed by atoms with van der Waals surface area (Å²) in [5.41, 5.74) is 6.35. The van der Waals surface area contributed by atoms with Crippen molar-refractivity contribution in [3.63, 3.8) is 0 Å². The second-order valence-corrected chi connectivity index (χ2v) is 5.26. The lowest BCUT2D eigenvalue weighted by molar-refractivity contribution is -0.142. The summed E-state index contributed by atoms with van der Waals surface area (Å²) >= 11 is 5.86. The Hall–Kier alpha value is -1.75. The highest BCUT2D eigenvalue weighted by molar-refractivity contribution is 6.31. The molecule has 5 nitrogen and oxygen atoms in total. The third kappa shape index (κ3) is 2.66. The number of rotatable bonds is 2. The second kappa shape index (κ2) is 5.09. The number of aliphatic carboxylic acids is 1. The van der Waals surface area contributed by atoms with Gasteiger partial charge in [-0.15, -0.1) is 0 Å². The molecule has 1 saturated heterocycles. The van der Waals surface area contributed by atoms with Crippen LogP contribution in [0.1, 0.15) is 23.7 Å². The molecule has 6 heteroatoms. The van der Waals surface area contributed by atoms with Crippen LogP contribution in [0.25, 0.3) is 0 Å². The topological polar surface area (TPSA) is 83.6 Å². The molecule has 0 spiro atoms. The van der Waals surface area contributed by atoms with E-state index in [1.165, 1.54) is 17.0 Å². The van der Waals surface area contributed by atoms with E-state index in [9.17, 15) is 14.7 Å². The Bertz CT molecular complexity index is 512. The van der Waals surface area contributed by atoms with E-state index in [2.05, 4.69) is 0 Å². The number of likely N-dealkylation sites (tertiary alicyclic amines) is 1. The third-order valence-corrected chi connectivity index (χ3v) is 3.60.